The fourth-order valence-electron chi connectivity index (χ4n) is 12.6. The molecular formula is C57H48N3OP. The molecule has 0 amide bonds. The maximum Gasteiger partial charge on any atom is 0.164 e. The van der Waals surface area contributed by atoms with Gasteiger partial charge in [0.1, 0.15) is 7.14 Å². The summed E-state index contributed by atoms with van der Waals surface area (Å²) in [4.78, 5) is 15.4. The summed E-state index contributed by atoms with van der Waals surface area (Å²) >= 11 is 0. The summed E-state index contributed by atoms with van der Waals surface area (Å²) in [7, 11) is -2.58. The smallest absolute Gasteiger partial charge is 0.164 e. The first-order valence-corrected chi connectivity index (χ1v) is 24.9. The zero-order valence-corrected chi connectivity index (χ0v) is 36.1. The van der Waals surface area contributed by atoms with Crippen LogP contribution in [0.15, 0.2) is 170 Å². The Balaban J connectivity index is 0.988. The largest absolute Gasteiger partial charge is 0.319 e. The maximum atomic E-state index is 13.9. The van der Waals surface area contributed by atoms with Gasteiger partial charge in [0.25, 0.3) is 0 Å². The van der Waals surface area contributed by atoms with Crippen LogP contribution >= 0.6 is 7.14 Å². The van der Waals surface area contributed by atoms with Crippen LogP contribution in [-0.4, -0.2) is 28.3 Å². The first-order chi connectivity index (χ1) is 30.3. The fraction of sp³-hybridized carbons (Fsp3) is 0.211. The van der Waals surface area contributed by atoms with Crippen LogP contribution in [0.3, 0.4) is 0 Å². The topological polar surface area (TPSA) is 55.7 Å². The summed E-state index contributed by atoms with van der Waals surface area (Å²) in [6, 6.07) is 61.2. The van der Waals surface area contributed by atoms with Gasteiger partial charge in [-0.3, -0.25) is 0 Å². The Morgan fingerprint density at radius 2 is 0.887 bits per heavy atom. The van der Waals surface area contributed by atoms with Crippen molar-refractivity contribution in [2.45, 2.75) is 37.5 Å². The Morgan fingerprint density at radius 1 is 0.435 bits per heavy atom. The summed E-state index contributed by atoms with van der Waals surface area (Å²) in [5.41, 5.74) is 8.17. The highest BCUT2D eigenvalue weighted by Crippen LogP contribution is 2.65. The van der Waals surface area contributed by atoms with Crippen LogP contribution in [0.25, 0.3) is 77.6 Å². The highest BCUT2D eigenvalue weighted by atomic mass is 31.2. The van der Waals surface area contributed by atoms with Gasteiger partial charge in [-0.15, -0.1) is 0 Å². The van der Waals surface area contributed by atoms with Crippen molar-refractivity contribution >= 4 is 44.8 Å². The molecule has 4 fully saturated rings. The molecule has 302 valence electrons. The van der Waals surface area contributed by atoms with E-state index in [0.717, 1.165) is 66.1 Å². The van der Waals surface area contributed by atoms with Crippen molar-refractivity contribution < 1.29 is 4.57 Å². The van der Waals surface area contributed by atoms with Crippen molar-refractivity contribution in [3.8, 4) is 45.3 Å². The van der Waals surface area contributed by atoms with E-state index >= 15 is 0 Å². The lowest BCUT2D eigenvalue weighted by molar-refractivity contribution is -0.0418. The quantitative estimate of drug-likeness (QED) is 0.119. The third kappa shape index (κ3) is 5.94. The Bertz CT molecular complexity index is 3150. The van der Waals surface area contributed by atoms with Crippen LogP contribution in [0, 0.1) is 23.7 Å². The molecule has 1 heterocycles. The van der Waals surface area contributed by atoms with Gasteiger partial charge in [-0.2, -0.15) is 0 Å². The molecule has 4 aliphatic rings. The Labute approximate surface area is 363 Å². The van der Waals surface area contributed by atoms with Crippen molar-refractivity contribution in [2.75, 3.05) is 13.3 Å². The molecule has 0 saturated heterocycles. The zero-order chi connectivity index (χ0) is 41.6. The molecule has 4 bridgehead atoms. The van der Waals surface area contributed by atoms with Gasteiger partial charge >= 0.3 is 0 Å². The second-order valence-corrected chi connectivity index (χ2v) is 21.8. The molecule has 5 heteroatoms. The lowest BCUT2D eigenvalue weighted by Gasteiger charge is -2.62. The average molecular weight is 822 g/mol. The van der Waals surface area contributed by atoms with Crippen LogP contribution in [-0.2, 0) is 9.98 Å². The van der Waals surface area contributed by atoms with Gasteiger partial charge in [-0.05, 0) is 124 Å². The minimum Gasteiger partial charge on any atom is -0.319 e. The molecule has 8 aromatic carbocycles. The maximum absolute atomic E-state index is 13.9. The van der Waals surface area contributed by atoms with Crippen molar-refractivity contribution in [3.63, 3.8) is 0 Å². The third-order valence-electron chi connectivity index (χ3n) is 14.8. The van der Waals surface area contributed by atoms with E-state index in [2.05, 4.69) is 152 Å². The number of hydrogen-bond acceptors (Lipinski definition) is 4. The van der Waals surface area contributed by atoms with Crippen LogP contribution in [0.2, 0.25) is 0 Å². The van der Waals surface area contributed by atoms with Gasteiger partial charge in [0.2, 0.25) is 0 Å². The summed E-state index contributed by atoms with van der Waals surface area (Å²) < 4.78 is 13.9. The predicted octanol–water partition coefficient (Wildman–Crippen LogP) is 14.0. The Morgan fingerprint density at radius 3 is 1.45 bits per heavy atom. The minimum absolute atomic E-state index is 0.0715. The number of benzene rings is 8. The minimum atomic E-state index is -2.58. The van der Waals surface area contributed by atoms with E-state index in [0.29, 0.717) is 29.3 Å². The number of hydrogen-bond donors (Lipinski definition) is 0. The van der Waals surface area contributed by atoms with Crippen molar-refractivity contribution in [1.82, 2.24) is 15.0 Å². The third-order valence-corrected chi connectivity index (χ3v) is 16.4. The second kappa shape index (κ2) is 14.4. The standard InChI is InChI=1S/C57H48N3OP/c1-62(2,61)53-49-20-10-8-18-47(49)52(48-19-9-11-21-50(48)53)39-23-27-42(28-24-39)57(44-32-36-31-37(34-44)35-45(57)33-36)43-29-25-41(26-30-43)55-58-54(40-14-4-3-5-15-40)59-56(60-55)51-22-12-16-38-13-6-7-17-46(38)51/h3-30,36-37,44-45H,31-35H2,1-2H3. The monoisotopic (exact) mass is 821 g/mol. The van der Waals surface area contributed by atoms with Gasteiger partial charge in [0.05, 0.1) is 0 Å². The van der Waals surface area contributed by atoms with Crippen LogP contribution in [0.4, 0.5) is 0 Å². The van der Waals surface area contributed by atoms with Crippen LogP contribution in [0.1, 0.15) is 43.2 Å². The first-order valence-electron chi connectivity index (χ1n) is 22.3. The normalized spacial score (nSPS) is 21.8. The van der Waals surface area contributed by atoms with E-state index in [4.69, 9.17) is 15.0 Å². The number of fused-ring (bicyclic) bond motifs is 3. The molecule has 4 aliphatic carbocycles. The van der Waals surface area contributed by atoms with Crippen molar-refractivity contribution in [2.24, 2.45) is 23.7 Å². The van der Waals surface area contributed by atoms with Gasteiger partial charge in [0.15, 0.2) is 17.5 Å². The van der Waals surface area contributed by atoms with E-state index in [1.54, 1.807) is 0 Å². The molecule has 0 aliphatic heterocycles. The van der Waals surface area contributed by atoms with E-state index in [9.17, 15) is 4.57 Å². The first kappa shape index (κ1) is 37.5. The second-order valence-electron chi connectivity index (χ2n) is 18.7. The zero-order valence-electron chi connectivity index (χ0n) is 35.2. The molecule has 62 heavy (non-hydrogen) atoms. The lowest BCUT2D eigenvalue weighted by atomic mass is 9.42. The highest BCUT2D eigenvalue weighted by Gasteiger charge is 2.58. The van der Waals surface area contributed by atoms with Gasteiger partial charge in [-0.25, -0.2) is 15.0 Å². The van der Waals surface area contributed by atoms with Gasteiger partial charge < -0.3 is 4.57 Å². The van der Waals surface area contributed by atoms with Crippen LogP contribution < -0.4 is 5.30 Å². The molecule has 0 spiro atoms. The molecule has 4 nitrogen and oxygen atoms in total. The molecule has 0 atom stereocenters. The van der Waals surface area contributed by atoms with Crippen molar-refractivity contribution in [3.05, 3.63) is 181 Å². The van der Waals surface area contributed by atoms with Crippen molar-refractivity contribution in [1.29, 1.82) is 0 Å². The summed E-state index contributed by atoms with van der Waals surface area (Å²) in [5.74, 6) is 4.91. The SMILES string of the molecule is CP(C)(=O)c1c2ccccc2c(-c2ccc(C3(c4ccc(-c5nc(-c6ccccc6)nc(-c6cccc7ccccc67)n5)cc4)C4CC5CC(C4)CC3C5)cc2)c2ccccc12. The molecular weight excluding hydrogens is 774 g/mol. The predicted molar refractivity (Wildman–Crippen MR) is 257 cm³/mol. The number of nitrogens with zero attached hydrogens (tertiary/aromatic N) is 3. The van der Waals surface area contributed by atoms with Crippen LogP contribution in [0.5, 0.6) is 0 Å². The molecule has 13 rings (SSSR count). The molecule has 1 aromatic heterocycles. The Kier molecular flexibility index (Phi) is 8.74. The lowest BCUT2D eigenvalue weighted by Crippen LogP contribution is -2.56. The summed E-state index contributed by atoms with van der Waals surface area (Å²) in [6.45, 7) is 3.81. The average Bonchev–Trinajstić information content (AvgIpc) is 3.30. The number of rotatable bonds is 7. The van der Waals surface area contributed by atoms with E-state index < -0.39 is 7.14 Å². The molecule has 9 aromatic rings. The molecule has 0 unspecified atom stereocenters. The molecule has 0 radical (unpaired) electrons. The Hall–Kier alpha value is -6.22. The summed E-state index contributed by atoms with van der Waals surface area (Å²) in [6.07, 6.45) is 6.59. The molecule has 4 saturated carbocycles. The van der Waals surface area contributed by atoms with E-state index in [1.807, 2.05) is 31.5 Å². The number of aromatic nitrogens is 3. The van der Waals surface area contributed by atoms with E-state index in [-0.39, 0.29) is 5.41 Å². The van der Waals surface area contributed by atoms with Gasteiger partial charge in [-0.1, -0.05) is 170 Å². The fourth-order valence-corrected chi connectivity index (χ4v) is 14.2. The molecule has 0 N–H and O–H groups in total. The summed E-state index contributed by atoms with van der Waals surface area (Å²) in [5, 5.41) is 7.78. The van der Waals surface area contributed by atoms with E-state index in [1.165, 1.54) is 54.4 Å². The highest BCUT2D eigenvalue weighted by molar-refractivity contribution is 7.71. The van der Waals surface area contributed by atoms with Gasteiger partial charge in [0, 0.05) is 27.4 Å².